The summed E-state index contributed by atoms with van der Waals surface area (Å²) < 4.78 is 0. The molecule has 0 aliphatic heterocycles. The summed E-state index contributed by atoms with van der Waals surface area (Å²) in [5, 5.41) is 19.6. The number of hydrogen-bond acceptors (Lipinski definition) is 2. The molecule has 0 aliphatic carbocycles. The summed E-state index contributed by atoms with van der Waals surface area (Å²) in [5.41, 5.74) is 1.67. The summed E-state index contributed by atoms with van der Waals surface area (Å²) in [4.78, 5) is 26.9. The number of benzene rings is 1. The number of aromatic amines is 1. The molecule has 0 saturated carbocycles. The fraction of sp³-hybridized carbons (Fsp3) is 0.333. The number of carbonyl (C=O) groups is 2. The van der Waals surface area contributed by atoms with Gasteiger partial charge in [0, 0.05) is 17.1 Å². The lowest BCUT2D eigenvalue weighted by molar-refractivity contribution is -0.143. The third-order valence-electron chi connectivity index (χ3n) is 3.72. The summed E-state index contributed by atoms with van der Waals surface area (Å²) in [6, 6.07) is 5.91. The number of carboxylic acids is 1. The van der Waals surface area contributed by atoms with Crippen molar-refractivity contribution < 1.29 is 19.8 Å². The summed E-state index contributed by atoms with van der Waals surface area (Å²) in [5.74, 6) is -1.13. The molecule has 0 aliphatic rings. The van der Waals surface area contributed by atoms with E-state index >= 15 is 0 Å². The third-order valence-corrected chi connectivity index (χ3v) is 3.72. The molecule has 2 unspecified atom stereocenters. The van der Waals surface area contributed by atoms with E-state index in [-0.39, 0.29) is 6.42 Å². The quantitative estimate of drug-likeness (QED) is 0.788. The highest BCUT2D eigenvalue weighted by molar-refractivity contribution is 5.85. The smallest absolute Gasteiger partial charge is 0.408 e. The van der Waals surface area contributed by atoms with Crippen LogP contribution in [0.3, 0.4) is 0 Å². The van der Waals surface area contributed by atoms with Crippen molar-refractivity contribution in [2.45, 2.75) is 32.4 Å². The molecule has 2 rings (SSSR count). The van der Waals surface area contributed by atoms with Gasteiger partial charge in [0.05, 0.1) is 6.04 Å². The maximum absolute atomic E-state index is 11.5. The van der Waals surface area contributed by atoms with Gasteiger partial charge < -0.3 is 15.2 Å². The Labute approximate surface area is 122 Å². The lowest BCUT2D eigenvalue weighted by atomic mass is 10.0. The molecule has 0 saturated heterocycles. The lowest BCUT2D eigenvalue weighted by Crippen LogP contribution is -2.45. The number of aromatic nitrogens is 1. The van der Waals surface area contributed by atoms with E-state index < -0.39 is 24.1 Å². The van der Waals surface area contributed by atoms with Crippen molar-refractivity contribution in [3.8, 4) is 0 Å². The Morgan fingerprint density at radius 1 is 1.29 bits per heavy atom. The molecular formula is C15H18N2O4. The minimum Gasteiger partial charge on any atom is -0.480 e. The van der Waals surface area contributed by atoms with Gasteiger partial charge in [-0.2, -0.15) is 0 Å². The van der Waals surface area contributed by atoms with E-state index in [0.29, 0.717) is 0 Å². The van der Waals surface area contributed by atoms with Crippen LogP contribution in [0.1, 0.15) is 31.9 Å². The van der Waals surface area contributed by atoms with E-state index in [1.165, 1.54) is 0 Å². The standard InChI is InChI=1S/C15H18N2O4/c1-3-13(14(18)19)17(15(20)21)9(2)11-8-16-12-7-5-4-6-10(11)12/h4-9,13,16H,3H2,1-2H3,(H,18,19)(H,20,21). The Bertz CT molecular complexity index is 664. The van der Waals surface area contributed by atoms with Gasteiger partial charge in [0.2, 0.25) is 0 Å². The predicted octanol–water partition coefficient (Wildman–Crippen LogP) is 3.07. The third kappa shape index (κ3) is 2.69. The number of rotatable bonds is 5. The second-order valence-electron chi connectivity index (χ2n) is 4.92. The Hall–Kier alpha value is -2.50. The first kappa shape index (κ1) is 14.9. The summed E-state index contributed by atoms with van der Waals surface area (Å²) >= 11 is 0. The zero-order chi connectivity index (χ0) is 15.6. The summed E-state index contributed by atoms with van der Waals surface area (Å²) in [6.45, 7) is 3.37. The van der Waals surface area contributed by atoms with E-state index in [9.17, 15) is 19.8 Å². The van der Waals surface area contributed by atoms with Gasteiger partial charge >= 0.3 is 12.1 Å². The number of aliphatic carboxylic acids is 1. The number of H-pyrrole nitrogens is 1. The number of carboxylic acid groups (broad SMARTS) is 2. The van der Waals surface area contributed by atoms with Crippen LogP contribution >= 0.6 is 0 Å². The maximum Gasteiger partial charge on any atom is 0.408 e. The molecule has 0 radical (unpaired) electrons. The van der Waals surface area contributed by atoms with Crippen LogP contribution in [0.5, 0.6) is 0 Å². The van der Waals surface area contributed by atoms with Gasteiger partial charge in [0.25, 0.3) is 0 Å². The minimum absolute atomic E-state index is 0.217. The lowest BCUT2D eigenvalue weighted by Gasteiger charge is -2.31. The van der Waals surface area contributed by atoms with Gasteiger partial charge in [-0.3, -0.25) is 4.90 Å². The first-order chi connectivity index (χ1) is 9.97. The average molecular weight is 290 g/mol. The SMILES string of the molecule is CCC(C(=O)O)N(C(=O)O)C(C)c1c[nH]c2ccccc12. The van der Waals surface area contributed by atoms with Crippen molar-refractivity contribution in [1.82, 2.24) is 9.88 Å². The van der Waals surface area contributed by atoms with E-state index in [0.717, 1.165) is 21.4 Å². The van der Waals surface area contributed by atoms with Crippen molar-refractivity contribution >= 4 is 23.0 Å². The van der Waals surface area contributed by atoms with E-state index in [1.54, 1.807) is 20.0 Å². The molecule has 6 heteroatoms. The van der Waals surface area contributed by atoms with Gasteiger partial charge in [0.1, 0.15) is 6.04 Å². The Morgan fingerprint density at radius 2 is 1.95 bits per heavy atom. The van der Waals surface area contributed by atoms with Crippen molar-refractivity contribution in [3.05, 3.63) is 36.0 Å². The van der Waals surface area contributed by atoms with Crippen molar-refractivity contribution in [2.75, 3.05) is 0 Å². The number of hydrogen-bond donors (Lipinski definition) is 3. The molecule has 6 nitrogen and oxygen atoms in total. The summed E-state index contributed by atoms with van der Waals surface area (Å²) in [6.07, 6.45) is 0.718. The van der Waals surface area contributed by atoms with Crippen LogP contribution in [-0.2, 0) is 4.79 Å². The zero-order valence-electron chi connectivity index (χ0n) is 11.9. The van der Waals surface area contributed by atoms with Crippen LogP contribution in [0.4, 0.5) is 4.79 Å². The fourth-order valence-corrected chi connectivity index (χ4v) is 2.65. The zero-order valence-corrected chi connectivity index (χ0v) is 11.9. The number of fused-ring (bicyclic) bond motifs is 1. The second-order valence-corrected chi connectivity index (χ2v) is 4.92. The van der Waals surface area contributed by atoms with Gasteiger partial charge in [0.15, 0.2) is 0 Å². The monoisotopic (exact) mass is 290 g/mol. The van der Waals surface area contributed by atoms with E-state index in [1.807, 2.05) is 24.3 Å². The first-order valence-electron chi connectivity index (χ1n) is 6.77. The van der Waals surface area contributed by atoms with Crippen LogP contribution < -0.4 is 0 Å². The topological polar surface area (TPSA) is 93.6 Å². The normalized spacial score (nSPS) is 13.8. The van der Waals surface area contributed by atoms with Crippen molar-refractivity contribution in [2.24, 2.45) is 0 Å². The second kappa shape index (κ2) is 5.87. The molecule has 0 spiro atoms. The predicted molar refractivity (Wildman–Crippen MR) is 78.3 cm³/mol. The molecule has 0 bridgehead atoms. The number of nitrogens with one attached hydrogen (secondary N) is 1. The van der Waals surface area contributed by atoms with Crippen molar-refractivity contribution in [3.63, 3.8) is 0 Å². The summed E-state index contributed by atoms with van der Waals surface area (Å²) in [7, 11) is 0. The molecule has 2 aromatic rings. The minimum atomic E-state index is -1.23. The highest BCUT2D eigenvalue weighted by atomic mass is 16.4. The van der Waals surface area contributed by atoms with Crippen LogP contribution in [-0.4, -0.2) is 38.2 Å². The molecule has 1 heterocycles. The average Bonchev–Trinajstić information content (AvgIpc) is 2.87. The molecule has 1 aromatic heterocycles. The fourth-order valence-electron chi connectivity index (χ4n) is 2.65. The molecule has 0 fully saturated rings. The molecule has 1 amide bonds. The number of nitrogens with zero attached hydrogens (tertiary/aromatic N) is 1. The van der Waals surface area contributed by atoms with Gasteiger partial charge in [-0.25, -0.2) is 9.59 Å². The van der Waals surface area contributed by atoms with E-state index in [4.69, 9.17) is 0 Å². The number of amides is 1. The largest absolute Gasteiger partial charge is 0.480 e. The molecule has 2 atom stereocenters. The van der Waals surface area contributed by atoms with Crippen LogP contribution in [0, 0.1) is 0 Å². The highest BCUT2D eigenvalue weighted by Crippen LogP contribution is 2.30. The molecule has 1 aromatic carbocycles. The van der Waals surface area contributed by atoms with Gasteiger partial charge in [-0.15, -0.1) is 0 Å². The van der Waals surface area contributed by atoms with Crippen LogP contribution in [0.15, 0.2) is 30.5 Å². The van der Waals surface area contributed by atoms with Crippen molar-refractivity contribution in [1.29, 1.82) is 0 Å². The molecule has 3 N–H and O–H groups in total. The maximum atomic E-state index is 11.5. The molecule has 21 heavy (non-hydrogen) atoms. The van der Waals surface area contributed by atoms with Crippen LogP contribution in [0.2, 0.25) is 0 Å². The van der Waals surface area contributed by atoms with Crippen LogP contribution in [0.25, 0.3) is 10.9 Å². The molecular weight excluding hydrogens is 272 g/mol. The highest BCUT2D eigenvalue weighted by Gasteiger charge is 2.33. The Kier molecular flexibility index (Phi) is 4.16. The molecule has 112 valence electrons. The van der Waals surface area contributed by atoms with Gasteiger partial charge in [-0.05, 0) is 25.0 Å². The van der Waals surface area contributed by atoms with Gasteiger partial charge in [-0.1, -0.05) is 25.1 Å². The van der Waals surface area contributed by atoms with E-state index in [2.05, 4.69) is 4.98 Å². The Morgan fingerprint density at radius 3 is 2.52 bits per heavy atom. The Balaban J connectivity index is 2.45. The first-order valence-corrected chi connectivity index (χ1v) is 6.77. The number of para-hydroxylation sites is 1.